The molecule has 0 aliphatic carbocycles. The number of nitro groups is 1. The highest BCUT2D eigenvalue weighted by atomic mass is 19.3. The van der Waals surface area contributed by atoms with E-state index in [1.165, 1.54) is 32.2 Å². The van der Waals surface area contributed by atoms with Crippen molar-refractivity contribution in [2.24, 2.45) is 0 Å². The second-order valence-electron chi connectivity index (χ2n) is 5.55. The fourth-order valence-electron chi connectivity index (χ4n) is 2.51. The molecule has 1 aromatic carbocycles. The van der Waals surface area contributed by atoms with Gasteiger partial charge in [-0.25, -0.2) is 18.3 Å². The highest BCUT2D eigenvalue weighted by Gasteiger charge is 2.21. The number of alkyl halides is 2. The molecule has 1 amide bonds. The quantitative estimate of drug-likeness (QED) is 0.540. The van der Waals surface area contributed by atoms with Crippen molar-refractivity contribution in [3.63, 3.8) is 0 Å². The van der Waals surface area contributed by atoms with E-state index in [1.54, 1.807) is 0 Å². The Bertz CT molecular complexity index is 1050. The van der Waals surface area contributed by atoms with E-state index in [0.717, 1.165) is 16.8 Å². The number of benzene rings is 1. The average Bonchev–Trinajstić information content (AvgIpc) is 3.04. The molecule has 2 heterocycles. The Balaban J connectivity index is 2.00. The maximum Gasteiger partial charge on any atom is 0.280 e. The Labute approximate surface area is 150 Å². The van der Waals surface area contributed by atoms with Gasteiger partial charge in [0, 0.05) is 17.8 Å². The Hall–Kier alpha value is -3.63. The first-order valence-electron chi connectivity index (χ1n) is 7.58. The van der Waals surface area contributed by atoms with Gasteiger partial charge in [0.25, 0.3) is 18.0 Å². The van der Waals surface area contributed by atoms with Crippen LogP contribution in [-0.2, 0) is 0 Å². The fourth-order valence-corrected chi connectivity index (χ4v) is 2.51. The average molecular weight is 377 g/mol. The predicted molar refractivity (Wildman–Crippen MR) is 90.3 cm³/mol. The van der Waals surface area contributed by atoms with E-state index in [0.29, 0.717) is 5.69 Å². The Morgan fingerprint density at radius 3 is 2.70 bits per heavy atom. The molecule has 0 fully saturated rings. The minimum Gasteiger partial charge on any atom is -0.496 e. The van der Waals surface area contributed by atoms with Gasteiger partial charge >= 0.3 is 0 Å². The molecule has 27 heavy (non-hydrogen) atoms. The smallest absolute Gasteiger partial charge is 0.280 e. The number of methoxy groups -OCH3 is 1. The summed E-state index contributed by atoms with van der Waals surface area (Å²) in [4.78, 5) is 27.0. The Morgan fingerprint density at radius 1 is 1.33 bits per heavy atom. The number of nitro benzene ring substituents is 1. The second-order valence-corrected chi connectivity index (χ2v) is 5.55. The molecule has 0 spiro atoms. The van der Waals surface area contributed by atoms with Gasteiger partial charge in [-0.1, -0.05) is 0 Å². The number of amides is 1. The van der Waals surface area contributed by atoms with Crippen LogP contribution in [0, 0.1) is 17.0 Å². The van der Waals surface area contributed by atoms with Gasteiger partial charge in [0.15, 0.2) is 5.65 Å². The first kappa shape index (κ1) is 18.2. The molecule has 0 aliphatic heterocycles. The first-order valence-corrected chi connectivity index (χ1v) is 7.58. The van der Waals surface area contributed by atoms with Crippen LogP contribution in [0.5, 0.6) is 5.75 Å². The second kappa shape index (κ2) is 6.94. The SMILES string of the molecule is COc1cc(NC(=O)c2cnn3c(C(F)F)cc(C)nc23)cc([N+](=O)[O-])c1. The number of halogens is 2. The summed E-state index contributed by atoms with van der Waals surface area (Å²) >= 11 is 0. The zero-order valence-electron chi connectivity index (χ0n) is 14.1. The van der Waals surface area contributed by atoms with Crippen molar-refractivity contribution in [3.05, 3.63) is 57.5 Å². The van der Waals surface area contributed by atoms with E-state index < -0.39 is 22.9 Å². The van der Waals surface area contributed by atoms with E-state index in [1.807, 2.05) is 0 Å². The number of anilines is 1. The van der Waals surface area contributed by atoms with Crippen LogP contribution in [0.3, 0.4) is 0 Å². The molecule has 0 saturated heterocycles. The molecule has 0 radical (unpaired) electrons. The highest BCUT2D eigenvalue weighted by Crippen LogP contribution is 2.27. The minimum atomic E-state index is -2.80. The molecule has 2 aromatic heterocycles. The van der Waals surface area contributed by atoms with Gasteiger partial charge in [0.2, 0.25) is 0 Å². The van der Waals surface area contributed by atoms with Crippen molar-refractivity contribution < 1.29 is 23.2 Å². The molecule has 0 saturated carbocycles. The molecule has 3 aromatic rings. The van der Waals surface area contributed by atoms with E-state index >= 15 is 0 Å². The van der Waals surface area contributed by atoms with Gasteiger partial charge in [-0.05, 0) is 13.0 Å². The van der Waals surface area contributed by atoms with Crippen LogP contribution in [0.25, 0.3) is 5.65 Å². The number of carbonyl (C=O) groups is 1. The van der Waals surface area contributed by atoms with Gasteiger partial charge in [-0.3, -0.25) is 14.9 Å². The zero-order chi connectivity index (χ0) is 19.7. The number of non-ortho nitro benzene ring substituents is 1. The van der Waals surface area contributed by atoms with Crippen LogP contribution >= 0.6 is 0 Å². The third-order valence-electron chi connectivity index (χ3n) is 3.69. The van der Waals surface area contributed by atoms with E-state index in [4.69, 9.17) is 4.74 Å². The molecular weight excluding hydrogens is 364 g/mol. The molecule has 11 heteroatoms. The molecule has 3 rings (SSSR count). The first-order chi connectivity index (χ1) is 12.8. The third kappa shape index (κ3) is 3.52. The molecule has 0 aliphatic rings. The highest BCUT2D eigenvalue weighted by molar-refractivity contribution is 6.08. The lowest BCUT2D eigenvalue weighted by molar-refractivity contribution is -0.384. The summed E-state index contributed by atoms with van der Waals surface area (Å²) in [6, 6.07) is 4.91. The van der Waals surface area contributed by atoms with Crippen LogP contribution in [0.1, 0.15) is 28.2 Å². The Morgan fingerprint density at radius 2 is 2.07 bits per heavy atom. The fraction of sp³-hybridized carbons (Fsp3) is 0.188. The van der Waals surface area contributed by atoms with Gasteiger partial charge in [-0.2, -0.15) is 5.10 Å². The van der Waals surface area contributed by atoms with E-state index in [-0.39, 0.29) is 28.3 Å². The molecular formula is C16H13F2N5O4. The van der Waals surface area contributed by atoms with Gasteiger partial charge in [-0.15, -0.1) is 0 Å². The summed E-state index contributed by atoms with van der Waals surface area (Å²) in [5.41, 5.74) is -0.366. The largest absolute Gasteiger partial charge is 0.496 e. The molecule has 0 bridgehead atoms. The van der Waals surface area contributed by atoms with Crippen molar-refractivity contribution in [1.29, 1.82) is 0 Å². The lowest BCUT2D eigenvalue weighted by atomic mass is 10.2. The summed E-state index contributed by atoms with van der Waals surface area (Å²) in [6.07, 6.45) is -1.69. The molecule has 0 atom stereocenters. The minimum absolute atomic E-state index is 0.0415. The Kier molecular flexibility index (Phi) is 4.67. The number of ether oxygens (including phenoxy) is 1. The number of hydrogen-bond donors (Lipinski definition) is 1. The third-order valence-corrected chi connectivity index (χ3v) is 3.69. The number of aryl methyl sites for hydroxylation is 1. The van der Waals surface area contributed by atoms with Crippen LogP contribution in [-0.4, -0.2) is 32.5 Å². The van der Waals surface area contributed by atoms with Gasteiger partial charge < -0.3 is 10.1 Å². The summed E-state index contributed by atoms with van der Waals surface area (Å²) < 4.78 is 32.2. The van der Waals surface area contributed by atoms with Crippen LogP contribution < -0.4 is 10.1 Å². The number of aromatic nitrogens is 3. The molecule has 1 N–H and O–H groups in total. The number of nitrogens with zero attached hydrogens (tertiary/aromatic N) is 4. The molecule has 140 valence electrons. The number of fused-ring (bicyclic) bond motifs is 1. The zero-order valence-corrected chi connectivity index (χ0v) is 14.1. The predicted octanol–water partition coefficient (Wildman–Crippen LogP) is 3.14. The van der Waals surface area contributed by atoms with Gasteiger partial charge in [0.1, 0.15) is 17.0 Å². The normalized spacial score (nSPS) is 11.0. The van der Waals surface area contributed by atoms with Crippen molar-refractivity contribution in [1.82, 2.24) is 14.6 Å². The summed E-state index contributed by atoms with van der Waals surface area (Å²) in [7, 11) is 1.33. The number of rotatable bonds is 5. The maximum absolute atomic E-state index is 13.2. The van der Waals surface area contributed by atoms with E-state index in [2.05, 4.69) is 15.4 Å². The standard InChI is InChI=1S/C16H13F2N5O4/c1-8-3-13(14(17)18)22-15(20-8)12(7-19-22)16(24)21-9-4-10(23(25)26)6-11(5-9)27-2/h3-7,14H,1-2H3,(H,21,24). The molecule has 0 unspecified atom stereocenters. The van der Waals surface area contributed by atoms with Gasteiger partial charge in [0.05, 0.1) is 30.0 Å². The van der Waals surface area contributed by atoms with Crippen LogP contribution in [0.2, 0.25) is 0 Å². The monoisotopic (exact) mass is 377 g/mol. The summed E-state index contributed by atoms with van der Waals surface area (Å²) in [5.74, 6) is -0.529. The van der Waals surface area contributed by atoms with Crippen molar-refractivity contribution in [2.75, 3.05) is 12.4 Å². The lowest BCUT2D eigenvalue weighted by Crippen LogP contribution is -2.13. The number of nitrogens with one attached hydrogen (secondary N) is 1. The van der Waals surface area contributed by atoms with Crippen molar-refractivity contribution in [3.8, 4) is 5.75 Å². The number of carbonyl (C=O) groups excluding carboxylic acids is 1. The summed E-state index contributed by atoms with van der Waals surface area (Å²) in [6.45, 7) is 1.52. The number of hydrogen-bond acceptors (Lipinski definition) is 6. The molecule has 9 nitrogen and oxygen atoms in total. The van der Waals surface area contributed by atoms with Crippen molar-refractivity contribution in [2.45, 2.75) is 13.3 Å². The summed E-state index contributed by atoms with van der Waals surface area (Å²) in [5, 5.41) is 17.3. The van der Waals surface area contributed by atoms with E-state index in [9.17, 15) is 23.7 Å². The maximum atomic E-state index is 13.2. The van der Waals surface area contributed by atoms with Crippen molar-refractivity contribution >= 4 is 22.9 Å². The topological polar surface area (TPSA) is 112 Å². The lowest BCUT2D eigenvalue weighted by Gasteiger charge is -2.08. The van der Waals surface area contributed by atoms with Crippen LogP contribution in [0.4, 0.5) is 20.2 Å². The van der Waals surface area contributed by atoms with Crippen LogP contribution in [0.15, 0.2) is 30.5 Å².